The number of pyridine rings is 1. The fourth-order valence-corrected chi connectivity index (χ4v) is 1.61. The number of benzene rings is 1. The number of nitrogens with two attached hydrogens (primary N) is 1. The van der Waals surface area contributed by atoms with Crippen molar-refractivity contribution in [2.24, 2.45) is 0 Å². The Morgan fingerprint density at radius 2 is 1.94 bits per heavy atom. The standard InChI is InChI=1S/C11H9N5/c12-8-4-3-7-13-11(8)16-10-6-2-1-5-9(10)14-15-16/h1-7H,12H2. The number of anilines is 1. The number of aromatic nitrogens is 4. The molecule has 0 aliphatic carbocycles. The molecule has 5 nitrogen and oxygen atoms in total. The Hall–Kier alpha value is -2.43. The molecular formula is C11H9N5. The molecule has 16 heavy (non-hydrogen) atoms. The summed E-state index contributed by atoms with van der Waals surface area (Å²) >= 11 is 0. The number of nitrogen functional groups attached to an aromatic ring is 1. The Kier molecular flexibility index (Phi) is 1.83. The lowest BCUT2D eigenvalue weighted by Crippen LogP contribution is -2.03. The van der Waals surface area contributed by atoms with E-state index in [1.54, 1.807) is 23.0 Å². The molecule has 0 bridgehead atoms. The van der Waals surface area contributed by atoms with E-state index in [0.29, 0.717) is 11.5 Å². The lowest BCUT2D eigenvalue weighted by molar-refractivity contribution is 0.804. The molecule has 0 unspecified atom stereocenters. The monoisotopic (exact) mass is 211 g/mol. The molecule has 1 aromatic carbocycles. The smallest absolute Gasteiger partial charge is 0.178 e. The maximum absolute atomic E-state index is 5.85. The van der Waals surface area contributed by atoms with Crippen LogP contribution in [0.1, 0.15) is 0 Å². The largest absolute Gasteiger partial charge is 0.396 e. The number of hydrogen-bond donors (Lipinski definition) is 1. The molecule has 0 amide bonds. The Morgan fingerprint density at radius 3 is 2.81 bits per heavy atom. The van der Waals surface area contributed by atoms with Crippen molar-refractivity contribution >= 4 is 16.7 Å². The van der Waals surface area contributed by atoms with Gasteiger partial charge in [-0.1, -0.05) is 17.3 Å². The van der Waals surface area contributed by atoms with Crippen molar-refractivity contribution in [2.75, 3.05) is 5.73 Å². The topological polar surface area (TPSA) is 69.6 Å². The highest BCUT2D eigenvalue weighted by Gasteiger charge is 2.08. The van der Waals surface area contributed by atoms with Gasteiger partial charge in [0.2, 0.25) is 0 Å². The number of rotatable bonds is 1. The summed E-state index contributed by atoms with van der Waals surface area (Å²) in [4.78, 5) is 4.21. The van der Waals surface area contributed by atoms with Crippen LogP contribution in [0.25, 0.3) is 16.9 Å². The van der Waals surface area contributed by atoms with Crippen molar-refractivity contribution in [2.45, 2.75) is 0 Å². The molecule has 0 saturated heterocycles. The summed E-state index contributed by atoms with van der Waals surface area (Å²) in [5.41, 5.74) is 8.16. The van der Waals surface area contributed by atoms with Gasteiger partial charge in [0.25, 0.3) is 0 Å². The number of hydrogen-bond acceptors (Lipinski definition) is 4. The molecule has 0 aliphatic heterocycles. The van der Waals surface area contributed by atoms with Crippen LogP contribution in [-0.4, -0.2) is 20.0 Å². The lowest BCUT2D eigenvalue weighted by Gasteiger charge is -2.03. The van der Waals surface area contributed by atoms with Gasteiger partial charge in [0, 0.05) is 6.20 Å². The predicted molar refractivity (Wildman–Crippen MR) is 61.1 cm³/mol. The number of nitrogens with zero attached hydrogens (tertiary/aromatic N) is 4. The van der Waals surface area contributed by atoms with Crippen LogP contribution in [-0.2, 0) is 0 Å². The summed E-state index contributed by atoms with van der Waals surface area (Å²) in [6.45, 7) is 0. The Balaban J connectivity index is 2.31. The highest BCUT2D eigenvalue weighted by Crippen LogP contribution is 2.17. The minimum absolute atomic E-state index is 0.582. The fourth-order valence-electron chi connectivity index (χ4n) is 1.61. The van der Waals surface area contributed by atoms with Gasteiger partial charge in [0.15, 0.2) is 5.82 Å². The van der Waals surface area contributed by atoms with Crippen LogP contribution in [0.2, 0.25) is 0 Å². The number of para-hydroxylation sites is 1. The zero-order chi connectivity index (χ0) is 11.0. The third kappa shape index (κ3) is 1.22. The number of fused-ring (bicyclic) bond motifs is 1. The molecule has 5 heteroatoms. The second-order valence-corrected chi connectivity index (χ2v) is 3.41. The quantitative estimate of drug-likeness (QED) is 0.660. The third-order valence-corrected chi connectivity index (χ3v) is 2.37. The highest BCUT2D eigenvalue weighted by atomic mass is 15.4. The maximum atomic E-state index is 5.85. The highest BCUT2D eigenvalue weighted by molar-refractivity contribution is 5.76. The molecular weight excluding hydrogens is 202 g/mol. The van der Waals surface area contributed by atoms with E-state index < -0.39 is 0 Å². The third-order valence-electron chi connectivity index (χ3n) is 2.37. The molecule has 0 radical (unpaired) electrons. The van der Waals surface area contributed by atoms with Crippen LogP contribution in [0, 0.1) is 0 Å². The Labute approximate surface area is 91.5 Å². The molecule has 2 aromatic heterocycles. The molecule has 0 fully saturated rings. The van der Waals surface area contributed by atoms with E-state index in [9.17, 15) is 0 Å². The molecule has 0 atom stereocenters. The van der Waals surface area contributed by atoms with Crippen molar-refractivity contribution in [3.05, 3.63) is 42.6 Å². The Bertz CT molecular complexity index is 643. The van der Waals surface area contributed by atoms with Crippen LogP contribution in [0.3, 0.4) is 0 Å². The van der Waals surface area contributed by atoms with Crippen LogP contribution in [0.5, 0.6) is 0 Å². The summed E-state index contributed by atoms with van der Waals surface area (Å²) in [5.74, 6) is 0.608. The van der Waals surface area contributed by atoms with Gasteiger partial charge in [-0.3, -0.25) is 0 Å². The maximum Gasteiger partial charge on any atom is 0.178 e. The summed E-state index contributed by atoms with van der Waals surface area (Å²) in [5, 5.41) is 8.10. The van der Waals surface area contributed by atoms with Gasteiger partial charge in [-0.2, -0.15) is 4.68 Å². The van der Waals surface area contributed by atoms with E-state index in [1.165, 1.54) is 0 Å². The summed E-state index contributed by atoms with van der Waals surface area (Å²) < 4.78 is 1.64. The molecule has 2 N–H and O–H groups in total. The first kappa shape index (κ1) is 8.84. The van der Waals surface area contributed by atoms with E-state index in [0.717, 1.165) is 11.0 Å². The van der Waals surface area contributed by atoms with Crippen LogP contribution in [0.15, 0.2) is 42.6 Å². The van der Waals surface area contributed by atoms with Crippen LogP contribution >= 0.6 is 0 Å². The summed E-state index contributed by atoms with van der Waals surface area (Å²) in [6, 6.07) is 11.3. The Morgan fingerprint density at radius 1 is 1.06 bits per heavy atom. The van der Waals surface area contributed by atoms with Crippen molar-refractivity contribution in [1.82, 2.24) is 20.0 Å². The zero-order valence-electron chi connectivity index (χ0n) is 8.41. The van der Waals surface area contributed by atoms with E-state index in [4.69, 9.17) is 5.73 Å². The SMILES string of the molecule is Nc1cccnc1-n1nnc2ccccc21. The van der Waals surface area contributed by atoms with Gasteiger partial charge in [0.05, 0.1) is 11.2 Å². The molecule has 3 aromatic rings. The van der Waals surface area contributed by atoms with Crippen molar-refractivity contribution in [1.29, 1.82) is 0 Å². The molecule has 3 rings (SSSR count). The van der Waals surface area contributed by atoms with Crippen molar-refractivity contribution in [3.63, 3.8) is 0 Å². The van der Waals surface area contributed by atoms with Gasteiger partial charge in [-0.15, -0.1) is 5.10 Å². The normalized spacial score (nSPS) is 10.8. The van der Waals surface area contributed by atoms with E-state index in [2.05, 4.69) is 15.3 Å². The molecule has 0 spiro atoms. The molecule has 2 heterocycles. The first-order chi connectivity index (χ1) is 7.86. The lowest BCUT2D eigenvalue weighted by atomic mass is 10.3. The van der Waals surface area contributed by atoms with Crippen LogP contribution < -0.4 is 5.73 Å². The minimum atomic E-state index is 0.582. The van der Waals surface area contributed by atoms with Crippen LogP contribution in [0.4, 0.5) is 5.69 Å². The van der Waals surface area contributed by atoms with E-state index in [-0.39, 0.29) is 0 Å². The molecule has 0 saturated carbocycles. The second-order valence-electron chi connectivity index (χ2n) is 3.41. The predicted octanol–water partition coefficient (Wildman–Crippen LogP) is 1.40. The second kappa shape index (κ2) is 3.30. The fraction of sp³-hybridized carbons (Fsp3) is 0. The van der Waals surface area contributed by atoms with Gasteiger partial charge in [-0.05, 0) is 24.3 Å². The van der Waals surface area contributed by atoms with E-state index >= 15 is 0 Å². The summed E-state index contributed by atoms with van der Waals surface area (Å²) in [6.07, 6.45) is 1.68. The average molecular weight is 211 g/mol. The van der Waals surface area contributed by atoms with Crippen molar-refractivity contribution < 1.29 is 0 Å². The zero-order valence-corrected chi connectivity index (χ0v) is 8.41. The average Bonchev–Trinajstić information content (AvgIpc) is 2.74. The molecule has 0 aliphatic rings. The van der Waals surface area contributed by atoms with Gasteiger partial charge >= 0.3 is 0 Å². The molecule has 78 valence electrons. The van der Waals surface area contributed by atoms with Gasteiger partial charge in [0.1, 0.15) is 5.52 Å². The van der Waals surface area contributed by atoms with Crippen molar-refractivity contribution in [3.8, 4) is 5.82 Å². The van der Waals surface area contributed by atoms with Gasteiger partial charge < -0.3 is 5.73 Å². The first-order valence-corrected chi connectivity index (χ1v) is 4.87. The minimum Gasteiger partial charge on any atom is -0.396 e. The van der Waals surface area contributed by atoms with E-state index in [1.807, 2.05) is 24.3 Å². The summed E-state index contributed by atoms with van der Waals surface area (Å²) in [7, 11) is 0. The first-order valence-electron chi connectivity index (χ1n) is 4.87. The van der Waals surface area contributed by atoms with Gasteiger partial charge in [-0.25, -0.2) is 4.98 Å².